The van der Waals surface area contributed by atoms with Crippen molar-refractivity contribution in [1.29, 1.82) is 5.26 Å². The lowest BCUT2D eigenvalue weighted by Crippen LogP contribution is -2.45. The molecule has 3 aromatic carbocycles. The van der Waals surface area contributed by atoms with Crippen molar-refractivity contribution >= 4 is 6.09 Å². The third-order valence-electron chi connectivity index (χ3n) is 7.23. The molecular formula is C34H43N3O4. The Morgan fingerprint density at radius 1 is 1.00 bits per heavy atom. The second-order valence-electron chi connectivity index (χ2n) is 11.6. The monoisotopic (exact) mass is 557 g/mol. The summed E-state index contributed by atoms with van der Waals surface area (Å²) in [6, 6.07) is 25.1. The molecule has 0 aliphatic rings. The molecule has 4 atom stereocenters. The highest BCUT2D eigenvalue weighted by atomic mass is 16.6. The van der Waals surface area contributed by atoms with E-state index >= 15 is 0 Å². The summed E-state index contributed by atoms with van der Waals surface area (Å²) in [5.74, 6) is 0.0714. The van der Waals surface area contributed by atoms with Gasteiger partial charge < -0.3 is 20.3 Å². The topological polar surface area (TPSA) is 115 Å². The van der Waals surface area contributed by atoms with Gasteiger partial charge >= 0.3 is 6.09 Å². The standard InChI is InChI=1S/C34H43N3O4/c1-6-23(2)31(30(22-38)18-24-9-7-10-25(17-24)20-35)37-32(39)28-15-13-27(14-16-28)29-12-8-11-26(19-29)21-36-33(40)41-34(3,4)5/h7-17,19,23,30-32,37-39H,6,18,21-22H2,1-5H3,(H,36,40). The van der Waals surface area contributed by atoms with Gasteiger partial charge in [0.2, 0.25) is 0 Å². The van der Waals surface area contributed by atoms with Crippen LogP contribution in [-0.4, -0.2) is 34.6 Å². The molecule has 1 amide bonds. The van der Waals surface area contributed by atoms with Crippen LogP contribution < -0.4 is 10.6 Å². The SMILES string of the molecule is CCC(C)C(NC(O)c1ccc(-c2cccc(CNC(=O)OC(C)(C)C)c2)cc1)C(CO)Cc1cccc(C#N)c1. The molecule has 0 bridgehead atoms. The molecule has 0 fully saturated rings. The Hall–Kier alpha value is -3.70. The largest absolute Gasteiger partial charge is 0.444 e. The molecule has 0 aliphatic heterocycles. The first-order valence-corrected chi connectivity index (χ1v) is 14.2. The average Bonchev–Trinajstić information content (AvgIpc) is 2.96. The van der Waals surface area contributed by atoms with E-state index in [9.17, 15) is 20.3 Å². The van der Waals surface area contributed by atoms with Crippen molar-refractivity contribution in [2.45, 2.75) is 71.9 Å². The Morgan fingerprint density at radius 2 is 1.68 bits per heavy atom. The molecule has 0 radical (unpaired) electrons. The van der Waals surface area contributed by atoms with Gasteiger partial charge in [-0.05, 0) is 79.1 Å². The molecule has 3 aromatic rings. The quantitative estimate of drug-likeness (QED) is 0.200. The molecule has 0 spiro atoms. The van der Waals surface area contributed by atoms with Gasteiger partial charge in [0.25, 0.3) is 0 Å². The van der Waals surface area contributed by atoms with Gasteiger partial charge in [0.1, 0.15) is 11.8 Å². The number of aliphatic hydroxyl groups is 2. The van der Waals surface area contributed by atoms with Gasteiger partial charge in [-0.25, -0.2) is 4.79 Å². The molecule has 0 aliphatic carbocycles. The van der Waals surface area contributed by atoms with Crippen LogP contribution in [0, 0.1) is 23.2 Å². The molecule has 218 valence electrons. The van der Waals surface area contributed by atoms with E-state index < -0.39 is 17.9 Å². The zero-order valence-electron chi connectivity index (χ0n) is 24.7. The van der Waals surface area contributed by atoms with E-state index in [0.29, 0.717) is 18.5 Å². The first kappa shape index (κ1) is 31.8. The Labute approximate surface area is 244 Å². The fraction of sp³-hybridized carbons (Fsp3) is 0.412. The second kappa shape index (κ2) is 14.8. The van der Waals surface area contributed by atoms with Crippen LogP contribution in [0.25, 0.3) is 11.1 Å². The van der Waals surface area contributed by atoms with Crippen LogP contribution in [0.5, 0.6) is 0 Å². The van der Waals surface area contributed by atoms with Crippen LogP contribution in [0.4, 0.5) is 4.79 Å². The molecule has 0 aromatic heterocycles. The highest BCUT2D eigenvalue weighted by molar-refractivity contribution is 5.68. The van der Waals surface area contributed by atoms with Crippen LogP contribution in [0.3, 0.4) is 0 Å². The highest BCUT2D eigenvalue weighted by Gasteiger charge is 2.28. The number of hydrogen-bond acceptors (Lipinski definition) is 6. The van der Waals surface area contributed by atoms with E-state index in [1.165, 1.54) is 0 Å². The summed E-state index contributed by atoms with van der Waals surface area (Å²) in [6.45, 7) is 10.0. The number of nitrogens with one attached hydrogen (secondary N) is 2. The van der Waals surface area contributed by atoms with E-state index in [1.54, 1.807) is 6.07 Å². The molecule has 7 heteroatoms. The maximum absolute atomic E-state index is 12.0. The number of ether oxygens (including phenoxy) is 1. The van der Waals surface area contributed by atoms with E-state index in [4.69, 9.17) is 4.74 Å². The minimum Gasteiger partial charge on any atom is -0.444 e. The summed E-state index contributed by atoms with van der Waals surface area (Å²) in [7, 11) is 0. The number of alkyl carbamates (subject to hydrolysis) is 1. The van der Waals surface area contributed by atoms with Crippen molar-refractivity contribution in [3.8, 4) is 17.2 Å². The van der Waals surface area contributed by atoms with Gasteiger partial charge in [-0.1, -0.05) is 74.9 Å². The van der Waals surface area contributed by atoms with Crippen molar-refractivity contribution in [3.63, 3.8) is 0 Å². The fourth-order valence-corrected chi connectivity index (χ4v) is 4.88. The molecule has 0 saturated carbocycles. The third kappa shape index (κ3) is 9.72. The minimum absolute atomic E-state index is 0.0381. The third-order valence-corrected chi connectivity index (χ3v) is 7.23. The van der Waals surface area contributed by atoms with Crippen molar-refractivity contribution in [2.75, 3.05) is 6.61 Å². The van der Waals surface area contributed by atoms with Crippen LogP contribution >= 0.6 is 0 Å². The number of carbonyl (C=O) groups excluding carboxylic acids is 1. The van der Waals surface area contributed by atoms with Crippen LogP contribution in [-0.2, 0) is 17.7 Å². The average molecular weight is 558 g/mol. The molecule has 4 N–H and O–H groups in total. The molecule has 7 nitrogen and oxygen atoms in total. The fourth-order valence-electron chi connectivity index (χ4n) is 4.88. The number of amides is 1. The Balaban J connectivity index is 1.69. The van der Waals surface area contributed by atoms with Crippen LogP contribution in [0.15, 0.2) is 72.8 Å². The van der Waals surface area contributed by atoms with E-state index in [0.717, 1.165) is 34.2 Å². The Bertz CT molecular complexity index is 1310. The van der Waals surface area contributed by atoms with Crippen molar-refractivity contribution < 1.29 is 19.7 Å². The number of hydrogen-bond donors (Lipinski definition) is 4. The maximum Gasteiger partial charge on any atom is 0.407 e. The van der Waals surface area contributed by atoms with Crippen molar-refractivity contribution in [2.24, 2.45) is 11.8 Å². The van der Waals surface area contributed by atoms with E-state index in [2.05, 4.69) is 30.6 Å². The van der Waals surface area contributed by atoms with Gasteiger partial charge in [-0.3, -0.25) is 5.32 Å². The summed E-state index contributed by atoms with van der Waals surface area (Å²) in [6.07, 6.45) is 0.117. The Kier molecular flexibility index (Phi) is 11.5. The highest BCUT2D eigenvalue weighted by Crippen LogP contribution is 2.26. The number of rotatable bonds is 12. The minimum atomic E-state index is -0.910. The first-order chi connectivity index (χ1) is 19.5. The lowest BCUT2D eigenvalue weighted by Gasteiger charge is -2.33. The lowest BCUT2D eigenvalue weighted by atomic mass is 9.83. The zero-order chi connectivity index (χ0) is 30.0. The molecule has 0 saturated heterocycles. The lowest BCUT2D eigenvalue weighted by molar-refractivity contribution is 0.0523. The summed E-state index contributed by atoms with van der Waals surface area (Å²) < 4.78 is 5.31. The first-order valence-electron chi connectivity index (χ1n) is 14.2. The van der Waals surface area contributed by atoms with E-state index in [-0.39, 0.29) is 24.5 Å². The van der Waals surface area contributed by atoms with Crippen molar-refractivity contribution in [1.82, 2.24) is 10.6 Å². The van der Waals surface area contributed by atoms with Gasteiger partial charge in [-0.15, -0.1) is 0 Å². The summed E-state index contributed by atoms with van der Waals surface area (Å²) in [4.78, 5) is 12.0. The van der Waals surface area contributed by atoms with Gasteiger partial charge in [0, 0.05) is 25.1 Å². The zero-order valence-corrected chi connectivity index (χ0v) is 24.7. The van der Waals surface area contributed by atoms with Crippen LogP contribution in [0.2, 0.25) is 0 Å². The molecule has 41 heavy (non-hydrogen) atoms. The number of carbonyl (C=O) groups is 1. The normalized spacial score (nSPS) is 14.4. The number of benzene rings is 3. The number of nitriles is 1. The van der Waals surface area contributed by atoms with Gasteiger partial charge in [0.15, 0.2) is 0 Å². The van der Waals surface area contributed by atoms with E-state index in [1.807, 2.05) is 87.5 Å². The molecular weight excluding hydrogens is 514 g/mol. The van der Waals surface area contributed by atoms with Crippen LogP contribution in [0.1, 0.15) is 69.5 Å². The number of aliphatic hydroxyl groups excluding tert-OH is 2. The predicted molar refractivity (Wildman–Crippen MR) is 162 cm³/mol. The summed E-state index contributed by atoms with van der Waals surface area (Å²) >= 11 is 0. The smallest absolute Gasteiger partial charge is 0.407 e. The summed E-state index contributed by atoms with van der Waals surface area (Å²) in [5.41, 5.74) is 4.70. The maximum atomic E-state index is 12.0. The predicted octanol–water partition coefficient (Wildman–Crippen LogP) is 6.10. The number of nitrogens with zero attached hydrogens (tertiary/aromatic N) is 1. The van der Waals surface area contributed by atoms with Gasteiger partial charge in [0.05, 0.1) is 11.6 Å². The van der Waals surface area contributed by atoms with Crippen molar-refractivity contribution in [3.05, 3.63) is 95.1 Å². The molecule has 0 heterocycles. The molecule has 4 unspecified atom stereocenters. The second-order valence-corrected chi connectivity index (χ2v) is 11.6. The summed E-state index contributed by atoms with van der Waals surface area (Å²) in [5, 5.41) is 36.9. The molecule has 3 rings (SSSR count). The Morgan fingerprint density at radius 3 is 2.32 bits per heavy atom. The van der Waals surface area contributed by atoms with Gasteiger partial charge in [-0.2, -0.15) is 5.26 Å².